The second-order valence-electron chi connectivity index (χ2n) is 9.61. The molecule has 0 fully saturated rings. The molecule has 1 N–H and O–H groups in total. The quantitative estimate of drug-likeness (QED) is 0.233. The molecule has 0 saturated carbocycles. The zero-order valence-electron chi connectivity index (χ0n) is 24.4. The standard InChI is InChI=1S/C31H38ClN3O6S/c1-5-7-19-33-31(37)29(6-2)34(21-23-11-13-26(40-3)14-12-23)30(36)22-35(25-10-8-9-24(32)20-25)42(38,39)28-17-15-27(41-4)16-18-28/h8-18,20,29H,5-7,19,21-22H2,1-4H3,(H,33,37)/t29-/m0/s1. The molecule has 0 saturated heterocycles. The first-order valence-corrected chi connectivity index (χ1v) is 15.6. The van der Waals surface area contributed by atoms with Crippen molar-refractivity contribution in [2.24, 2.45) is 0 Å². The van der Waals surface area contributed by atoms with Crippen molar-refractivity contribution in [2.45, 2.75) is 50.6 Å². The Kier molecular flexibility index (Phi) is 12.1. The van der Waals surface area contributed by atoms with Gasteiger partial charge in [-0.1, -0.05) is 50.1 Å². The molecule has 226 valence electrons. The van der Waals surface area contributed by atoms with E-state index in [1.807, 2.05) is 26.0 Å². The average Bonchev–Trinajstić information content (AvgIpc) is 3.00. The molecule has 11 heteroatoms. The fourth-order valence-electron chi connectivity index (χ4n) is 4.39. The lowest BCUT2D eigenvalue weighted by Crippen LogP contribution is -2.52. The zero-order valence-corrected chi connectivity index (χ0v) is 26.0. The van der Waals surface area contributed by atoms with Crippen molar-refractivity contribution in [1.82, 2.24) is 10.2 Å². The molecule has 3 aromatic rings. The molecular weight excluding hydrogens is 578 g/mol. The van der Waals surface area contributed by atoms with Crippen LogP contribution in [0.3, 0.4) is 0 Å². The number of carbonyl (C=O) groups excluding carboxylic acids is 2. The number of anilines is 1. The summed E-state index contributed by atoms with van der Waals surface area (Å²) in [6, 6.07) is 18.5. The number of ether oxygens (including phenoxy) is 2. The highest BCUT2D eigenvalue weighted by Crippen LogP contribution is 2.28. The zero-order chi connectivity index (χ0) is 30.7. The number of unbranched alkanes of at least 4 members (excludes halogenated alkanes) is 1. The van der Waals surface area contributed by atoms with Gasteiger partial charge < -0.3 is 19.7 Å². The number of methoxy groups -OCH3 is 2. The largest absolute Gasteiger partial charge is 0.497 e. The summed E-state index contributed by atoms with van der Waals surface area (Å²) in [6.07, 6.45) is 2.04. The molecule has 0 aliphatic rings. The predicted molar refractivity (Wildman–Crippen MR) is 165 cm³/mol. The summed E-state index contributed by atoms with van der Waals surface area (Å²) in [5.74, 6) is 0.309. The summed E-state index contributed by atoms with van der Waals surface area (Å²) in [5, 5.41) is 3.23. The number of carbonyl (C=O) groups is 2. The lowest BCUT2D eigenvalue weighted by atomic mass is 10.1. The van der Waals surface area contributed by atoms with Gasteiger partial charge in [0.1, 0.15) is 24.1 Å². The maximum absolute atomic E-state index is 14.1. The first-order valence-electron chi connectivity index (χ1n) is 13.8. The van der Waals surface area contributed by atoms with Gasteiger partial charge in [0.25, 0.3) is 10.0 Å². The van der Waals surface area contributed by atoms with E-state index in [1.165, 1.54) is 42.3 Å². The number of benzene rings is 3. The van der Waals surface area contributed by atoms with Gasteiger partial charge in [0, 0.05) is 18.1 Å². The van der Waals surface area contributed by atoms with Crippen molar-refractivity contribution < 1.29 is 27.5 Å². The third-order valence-electron chi connectivity index (χ3n) is 6.75. The number of hydrogen-bond acceptors (Lipinski definition) is 6. The molecule has 0 aromatic heterocycles. The van der Waals surface area contributed by atoms with Crippen molar-refractivity contribution in [3.05, 3.63) is 83.4 Å². The van der Waals surface area contributed by atoms with E-state index in [0.717, 1.165) is 22.7 Å². The van der Waals surface area contributed by atoms with Gasteiger partial charge in [-0.25, -0.2) is 8.42 Å². The molecule has 0 aliphatic carbocycles. The molecule has 0 bridgehead atoms. The molecule has 0 heterocycles. The molecule has 1 atom stereocenters. The SMILES string of the molecule is CCCCNC(=O)[C@H](CC)N(Cc1ccc(OC)cc1)C(=O)CN(c1cccc(Cl)c1)S(=O)(=O)c1ccc(OC)cc1. The van der Waals surface area contributed by atoms with E-state index in [-0.39, 0.29) is 23.0 Å². The van der Waals surface area contributed by atoms with Crippen LogP contribution in [0.1, 0.15) is 38.7 Å². The number of amides is 2. The van der Waals surface area contributed by atoms with Crippen LogP contribution in [0.4, 0.5) is 5.69 Å². The van der Waals surface area contributed by atoms with Crippen LogP contribution in [0.2, 0.25) is 5.02 Å². The first-order chi connectivity index (χ1) is 20.1. The molecule has 3 rings (SSSR count). The second kappa shape index (κ2) is 15.5. The predicted octanol–water partition coefficient (Wildman–Crippen LogP) is 5.28. The van der Waals surface area contributed by atoms with Crippen LogP contribution in [0.25, 0.3) is 0 Å². The fraction of sp³-hybridized carbons (Fsp3) is 0.355. The van der Waals surface area contributed by atoms with Crippen LogP contribution in [0, 0.1) is 0 Å². The van der Waals surface area contributed by atoms with E-state index in [9.17, 15) is 18.0 Å². The third kappa shape index (κ3) is 8.39. The van der Waals surface area contributed by atoms with Crippen LogP contribution < -0.4 is 19.1 Å². The molecule has 42 heavy (non-hydrogen) atoms. The third-order valence-corrected chi connectivity index (χ3v) is 8.77. The molecule has 3 aromatic carbocycles. The first kappa shape index (κ1) is 32.8. The van der Waals surface area contributed by atoms with Crippen molar-refractivity contribution in [3.63, 3.8) is 0 Å². The molecule has 0 unspecified atom stereocenters. The summed E-state index contributed by atoms with van der Waals surface area (Å²) in [6.45, 7) is 3.87. The van der Waals surface area contributed by atoms with Gasteiger partial charge >= 0.3 is 0 Å². The van der Waals surface area contributed by atoms with Gasteiger partial charge in [0.05, 0.1) is 24.8 Å². The average molecular weight is 616 g/mol. The highest BCUT2D eigenvalue weighted by molar-refractivity contribution is 7.92. The number of sulfonamides is 1. The highest BCUT2D eigenvalue weighted by Gasteiger charge is 2.33. The van der Waals surface area contributed by atoms with E-state index < -0.39 is 28.5 Å². The molecular formula is C31H38ClN3O6S. The normalized spacial score (nSPS) is 11.8. The summed E-state index contributed by atoms with van der Waals surface area (Å²) in [5.41, 5.74) is 0.979. The monoisotopic (exact) mass is 615 g/mol. The van der Waals surface area contributed by atoms with Gasteiger partial charge in [-0.15, -0.1) is 0 Å². The van der Waals surface area contributed by atoms with Gasteiger partial charge in [-0.2, -0.15) is 0 Å². The number of hydrogen-bond donors (Lipinski definition) is 1. The Hall–Kier alpha value is -3.76. The van der Waals surface area contributed by atoms with Crippen LogP contribution in [-0.2, 0) is 26.2 Å². The number of halogens is 1. The lowest BCUT2D eigenvalue weighted by Gasteiger charge is -2.33. The Morgan fingerprint density at radius 2 is 1.55 bits per heavy atom. The molecule has 0 spiro atoms. The fourth-order valence-corrected chi connectivity index (χ4v) is 5.98. The van der Waals surface area contributed by atoms with Crippen molar-refractivity contribution >= 4 is 39.1 Å². The Morgan fingerprint density at radius 1 is 0.929 bits per heavy atom. The molecule has 0 radical (unpaired) electrons. The maximum atomic E-state index is 14.1. The van der Waals surface area contributed by atoms with Gasteiger partial charge in [0.2, 0.25) is 11.8 Å². The molecule has 0 aliphatic heterocycles. The highest BCUT2D eigenvalue weighted by atomic mass is 35.5. The molecule has 2 amide bonds. The minimum atomic E-state index is -4.22. The topological polar surface area (TPSA) is 105 Å². The number of nitrogens with one attached hydrogen (secondary N) is 1. The lowest BCUT2D eigenvalue weighted by molar-refractivity contribution is -0.140. The van der Waals surface area contributed by atoms with Crippen molar-refractivity contribution in [2.75, 3.05) is 31.6 Å². The Labute approximate surface area is 253 Å². The van der Waals surface area contributed by atoms with Crippen LogP contribution >= 0.6 is 11.6 Å². The minimum absolute atomic E-state index is 0.0258. The van der Waals surface area contributed by atoms with Crippen molar-refractivity contribution in [3.8, 4) is 11.5 Å². The van der Waals surface area contributed by atoms with Gasteiger partial charge in [0.15, 0.2) is 0 Å². The number of rotatable bonds is 15. The maximum Gasteiger partial charge on any atom is 0.264 e. The van der Waals surface area contributed by atoms with Crippen LogP contribution in [0.5, 0.6) is 11.5 Å². The van der Waals surface area contributed by atoms with E-state index in [1.54, 1.807) is 37.4 Å². The van der Waals surface area contributed by atoms with Crippen LogP contribution in [0.15, 0.2) is 77.7 Å². The van der Waals surface area contributed by atoms with E-state index in [0.29, 0.717) is 29.5 Å². The summed E-state index contributed by atoms with van der Waals surface area (Å²) in [4.78, 5) is 28.8. The van der Waals surface area contributed by atoms with Crippen molar-refractivity contribution in [1.29, 1.82) is 0 Å². The van der Waals surface area contributed by atoms with Gasteiger partial charge in [-0.3, -0.25) is 13.9 Å². The smallest absolute Gasteiger partial charge is 0.264 e. The van der Waals surface area contributed by atoms with Crippen LogP contribution in [-0.4, -0.2) is 58.5 Å². The Morgan fingerprint density at radius 3 is 2.10 bits per heavy atom. The van der Waals surface area contributed by atoms with E-state index in [4.69, 9.17) is 21.1 Å². The molecule has 9 nitrogen and oxygen atoms in total. The van der Waals surface area contributed by atoms with Gasteiger partial charge in [-0.05, 0) is 73.0 Å². The minimum Gasteiger partial charge on any atom is -0.497 e. The summed E-state index contributed by atoms with van der Waals surface area (Å²) < 4.78 is 39.4. The van der Waals surface area contributed by atoms with E-state index >= 15 is 0 Å². The number of nitrogens with zero attached hydrogens (tertiary/aromatic N) is 2. The second-order valence-corrected chi connectivity index (χ2v) is 11.9. The summed E-state index contributed by atoms with van der Waals surface area (Å²) >= 11 is 6.23. The van der Waals surface area contributed by atoms with E-state index in [2.05, 4.69) is 5.32 Å². The Bertz CT molecular complexity index is 1430. The Balaban J connectivity index is 2.03. The summed E-state index contributed by atoms with van der Waals surface area (Å²) in [7, 11) is -1.17.